The molecule has 0 bridgehead atoms. The van der Waals surface area contributed by atoms with Crippen LogP contribution in [-0.4, -0.2) is 30.2 Å². The second kappa shape index (κ2) is 4.77. The molecule has 0 spiro atoms. The van der Waals surface area contributed by atoms with Crippen LogP contribution in [0.2, 0.25) is 0 Å². The normalized spacial score (nSPS) is 10.1. The van der Waals surface area contributed by atoms with Crippen molar-refractivity contribution in [3.8, 4) is 0 Å². The summed E-state index contributed by atoms with van der Waals surface area (Å²) in [5.41, 5.74) is 1.17. The lowest BCUT2D eigenvalue weighted by Crippen LogP contribution is -2.17. The fourth-order valence-corrected chi connectivity index (χ4v) is 1.54. The minimum absolute atomic E-state index is 0.323. The molecule has 82 valence electrons. The van der Waals surface area contributed by atoms with Gasteiger partial charge in [-0.2, -0.15) is 0 Å². The maximum Gasteiger partial charge on any atom is 0.339 e. The van der Waals surface area contributed by atoms with Crippen molar-refractivity contribution in [3.05, 3.63) is 23.4 Å². The number of carboxylic acids is 1. The maximum absolute atomic E-state index is 11.2. The highest BCUT2D eigenvalue weighted by atomic mass is 16.4. The number of rotatable bonds is 4. The van der Waals surface area contributed by atoms with Crippen LogP contribution >= 0.6 is 0 Å². The van der Waals surface area contributed by atoms with Crippen LogP contribution in [0.1, 0.15) is 29.3 Å². The Morgan fingerprint density at radius 2 is 2.20 bits per heavy atom. The lowest BCUT2D eigenvalue weighted by Gasteiger charge is -2.16. The van der Waals surface area contributed by atoms with Crippen molar-refractivity contribution >= 4 is 11.8 Å². The largest absolute Gasteiger partial charge is 0.478 e. The minimum atomic E-state index is -0.907. The van der Waals surface area contributed by atoms with Crippen LogP contribution in [0.3, 0.4) is 0 Å². The summed E-state index contributed by atoms with van der Waals surface area (Å²) >= 11 is 0. The van der Waals surface area contributed by atoms with Crippen molar-refractivity contribution in [2.24, 2.45) is 0 Å². The van der Waals surface area contributed by atoms with Crippen molar-refractivity contribution in [1.82, 2.24) is 4.98 Å². The third-order valence-electron chi connectivity index (χ3n) is 2.17. The van der Waals surface area contributed by atoms with Crippen LogP contribution in [0, 0.1) is 0 Å². The smallest absolute Gasteiger partial charge is 0.339 e. The summed E-state index contributed by atoms with van der Waals surface area (Å²) in [5, 5.41) is 9.16. The van der Waals surface area contributed by atoms with Crippen molar-refractivity contribution in [3.63, 3.8) is 0 Å². The van der Waals surface area contributed by atoms with Gasteiger partial charge < -0.3 is 10.0 Å². The molecule has 0 radical (unpaired) electrons. The Balaban J connectivity index is 3.28. The summed E-state index contributed by atoms with van der Waals surface area (Å²) in [6, 6.07) is 1.78. The number of carbonyl (C=O) groups is 1. The zero-order valence-corrected chi connectivity index (χ0v) is 9.32. The fraction of sp³-hybridized carbons (Fsp3) is 0.455. The van der Waals surface area contributed by atoms with E-state index >= 15 is 0 Å². The molecule has 0 aromatic carbocycles. The highest BCUT2D eigenvalue weighted by molar-refractivity contribution is 5.95. The number of anilines is 1. The molecule has 1 N–H and O–H groups in total. The highest BCUT2D eigenvalue weighted by Gasteiger charge is 2.17. The van der Waals surface area contributed by atoms with Crippen molar-refractivity contribution in [1.29, 1.82) is 0 Å². The van der Waals surface area contributed by atoms with Crippen LogP contribution in [0.5, 0.6) is 0 Å². The summed E-state index contributed by atoms with van der Waals surface area (Å²) in [4.78, 5) is 17.0. The molecular formula is C11H16N2O2. The van der Waals surface area contributed by atoms with E-state index in [1.165, 1.54) is 0 Å². The van der Waals surface area contributed by atoms with Gasteiger partial charge in [-0.1, -0.05) is 13.3 Å². The first-order valence-corrected chi connectivity index (χ1v) is 4.96. The Labute approximate surface area is 89.6 Å². The molecule has 4 heteroatoms. The van der Waals surface area contributed by atoms with Gasteiger partial charge in [0.15, 0.2) is 0 Å². The molecule has 1 aromatic heterocycles. The van der Waals surface area contributed by atoms with Gasteiger partial charge in [-0.15, -0.1) is 0 Å². The van der Waals surface area contributed by atoms with Crippen molar-refractivity contribution < 1.29 is 9.90 Å². The van der Waals surface area contributed by atoms with Gasteiger partial charge in [-0.25, -0.2) is 9.78 Å². The van der Waals surface area contributed by atoms with E-state index in [0.29, 0.717) is 11.4 Å². The van der Waals surface area contributed by atoms with Crippen LogP contribution in [-0.2, 0) is 6.42 Å². The summed E-state index contributed by atoms with van der Waals surface area (Å²) in [6.45, 7) is 2.03. The number of aryl methyl sites for hydroxylation is 1. The fourth-order valence-electron chi connectivity index (χ4n) is 1.54. The Hall–Kier alpha value is -1.58. The molecule has 1 aromatic rings. The number of carboxylic acid groups (broad SMARTS) is 1. The average Bonchev–Trinajstić information content (AvgIpc) is 2.17. The van der Waals surface area contributed by atoms with Gasteiger partial charge in [0.1, 0.15) is 11.4 Å². The number of aromatic carboxylic acids is 1. The summed E-state index contributed by atoms with van der Waals surface area (Å²) in [7, 11) is 3.59. The average molecular weight is 208 g/mol. The third kappa shape index (κ3) is 2.46. The van der Waals surface area contributed by atoms with E-state index < -0.39 is 5.97 Å². The third-order valence-corrected chi connectivity index (χ3v) is 2.17. The number of pyridine rings is 1. The first kappa shape index (κ1) is 11.5. The second-order valence-electron chi connectivity index (χ2n) is 3.62. The molecular weight excluding hydrogens is 192 g/mol. The standard InChI is InChI=1S/C11H16N2O2/c1-4-5-8-6-7-12-10(13(2)3)9(8)11(14)15/h6-7H,4-5H2,1-3H3,(H,14,15). The Bertz CT molecular complexity index is 362. The van der Waals surface area contributed by atoms with Crippen LogP contribution in [0.25, 0.3) is 0 Å². The van der Waals surface area contributed by atoms with Gasteiger partial charge >= 0.3 is 5.97 Å². The van der Waals surface area contributed by atoms with E-state index in [9.17, 15) is 4.79 Å². The zero-order valence-electron chi connectivity index (χ0n) is 9.32. The number of hydrogen-bond acceptors (Lipinski definition) is 3. The summed E-state index contributed by atoms with van der Waals surface area (Å²) in [6.07, 6.45) is 3.36. The Morgan fingerprint density at radius 1 is 1.53 bits per heavy atom. The van der Waals surface area contributed by atoms with Gasteiger partial charge in [0, 0.05) is 20.3 Å². The molecule has 1 heterocycles. The van der Waals surface area contributed by atoms with E-state index in [1.807, 2.05) is 6.92 Å². The second-order valence-corrected chi connectivity index (χ2v) is 3.62. The topological polar surface area (TPSA) is 53.4 Å². The number of hydrogen-bond donors (Lipinski definition) is 1. The van der Waals surface area contributed by atoms with E-state index in [-0.39, 0.29) is 0 Å². The molecule has 0 aliphatic rings. The van der Waals surface area contributed by atoms with Crippen molar-refractivity contribution in [2.45, 2.75) is 19.8 Å². The molecule has 1 rings (SSSR count). The number of nitrogens with zero attached hydrogens (tertiary/aromatic N) is 2. The van der Waals surface area contributed by atoms with Gasteiger partial charge in [-0.3, -0.25) is 0 Å². The quantitative estimate of drug-likeness (QED) is 0.819. The molecule has 0 aliphatic carbocycles. The van der Waals surface area contributed by atoms with Crippen LogP contribution in [0.15, 0.2) is 12.3 Å². The zero-order chi connectivity index (χ0) is 11.4. The van der Waals surface area contributed by atoms with Gasteiger partial charge in [0.25, 0.3) is 0 Å². The van der Waals surface area contributed by atoms with Gasteiger partial charge in [-0.05, 0) is 18.1 Å². The molecule has 0 amide bonds. The lowest BCUT2D eigenvalue weighted by molar-refractivity contribution is 0.0696. The highest BCUT2D eigenvalue weighted by Crippen LogP contribution is 2.20. The lowest BCUT2D eigenvalue weighted by atomic mass is 10.0. The van der Waals surface area contributed by atoms with Crippen LogP contribution < -0.4 is 4.90 Å². The monoisotopic (exact) mass is 208 g/mol. The van der Waals surface area contributed by atoms with Crippen molar-refractivity contribution in [2.75, 3.05) is 19.0 Å². The summed E-state index contributed by atoms with van der Waals surface area (Å²) in [5.74, 6) is -0.385. The van der Waals surface area contributed by atoms with E-state index in [1.54, 1.807) is 31.3 Å². The molecule has 0 atom stereocenters. The molecule has 0 aliphatic heterocycles. The van der Waals surface area contributed by atoms with E-state index in [4.69, 9.17) is 5.11 Å². The minimum Gasteiger partial charge on any atom is -0.478 e. The van der Waals surface area contributed by atoms with E-state index in [2.05, 4.69) is 4.98 Å². The van der Waals surface area contributed by atoms with Crippen LogP contribution in [0.4, 0.5) is 5.82 Å². The van der Waals surface area contributed by atoms with Gasteiger partial charge in [0.2, 0.25) is 0 Å². The predicted molar refractivity (Wildman–Crippen MR) is 59.5 cm³/mol. The first-order valence-electron chi connectivity index (χ1n) is 4.96. The maximum atomic E-state index is 11.2. The van der Waals surface area contributed by atoms with E-state index in [0.717, 1.165) is 18.4 Å². The summed E-state index contributed by atoms with van der Waals surface area (Å²) < 4.78 is 0. The predicted octanol–water partition coefficient (Wildman–Crippen LogP) is 1.80. The first-order chi connectivity index (χ1) is 7.07. The molecule has 15 heavy (non-hydrogen) atoms. The van der Waals surface area contributed by atoms with Gasteiger partial charge in [0.05, 0.1) is 0 Å². The Morgan fingerprint density at radius 3 is 2.67 bits per heavy atom. The Kier molecular flexibility index (Phi) is 3.66. The molecule has 0 fully saturated rings. The SMILES string of the molecule is CCCc1ccnc(N(C)C)c1C(=O)O. The molecule has 0 saturated carbocycles. The number of aromatic nitrogens is 1. The molecule has 0 saturated heterocycles. The molecule has 4 nitrogen and oxygen atoms in total. The molecule has 0 unspecified atom stereocenters.